The predicted molar refractivity (Wildman–Crippen MR) is 117 cm³/mol. The van der Waals surface area contributed by atoms with Crippen LogP contribution in [0.15, 0.2) is 42.5 Å². The number of amides is 2. The van der Waals surface area contributed by atoms with Crippen molar-refractivity contribution < 1.29 is 27.5 Å². The zero-order valence-corrected chi connectivity index (χ0v) is 18.9. The molecule has 1 fully saturated rings. The van der Waals surface area contributed by atoms with Crippen LogP contribution in [0.2, 0.25) is 5.02 Å². The second-order valence-electron chi connectivity index (χ2n) is 7.65. The van der Waals surface area contributed by atoms with Gasteiger partial charge in [0.15, 0.2) is 0 Å². The molecule has 1 aliphatic rings. The minimum Gasteiger partial charge on any atom is -0.497 e. The quantitative estimate of drug-likeness (QED) is 0.629. The van der Waals surface area contributed by atoms with Crippen molar-refractivity contribution in [3.63, 3.8) is 0 Å². The molecule has 2 amide bonds. The average molecular weight is 467 g/mol. The first-order valence-corrected chi connectivity index (χ1v) is 11.5. The molecule has 0 atom stereocenters. The number of rotatable bonds is 7. The van der Waals surface area contributed by atoms with E-state index in [-0.39, 0.29) is 35.2 Å². The van der Waals surface area contributed by atoms with Crippen LogP contribution < -0.4 is 19.1 Å². The van der Waals surface area contributed by atoms with E-state index in [1.165, 1.54) is 18.2 Å². The van der Waals surface area contributed by atoms with Crippen LogP contribution in [0.5, 0.6) is 11.5 Å². The summed E-state index contributed by atoms with van der Waals surface area (Å²) in [6, 6.07) is 11.1. The molecule has 0 aromatic heterocycles. The number of carbonyl (C=O) groups is 2. The average Bonchev–Trinajstić information content (AvgIpc) is 2.88. The number of nitrogens with zero attached hydrogens (tertiary/aromatic N) is 1. The molecule has 3 rings (SSSR count). The Bertz CT molecular complexity index is 1100. The molecule has 2 aromatic carbocycles. The van der Waals surface area contributed by atoms with Gasteiger partial charge in [-0.15, -0.1) is 0 Å². The number of hydrogen-bond donors (Lipinski definition) is 1. The number of ether oxygens (including phenoxy) is 2. The first-order chi connectivity index (χ1) is 14.5. The molecule has 0 unspecified atom stereocenters. The summed E-state index contributed by atoms with van der Waals surface area (Å²) in [6.07, 6.45) is 0. The van der Waals surface area contributed by atoms with Crippen LogP contribution in [0.25, 0.3) is 0 Å². The van der Waals surface area contributed by atoms with E-state index in [4.69, 9.17) is 21.1 Å². The number of hydrogen-bond acceptors (Lipinski definition) is 6. The normalized spacial score (nSPS) is 16.8. The molecule has 1 heterocycles. The molecule has 2 aromatic rings. The fraction of sp³-hybridized carbons (Fsp3) is 0.333. The summed E-state index contributed by atoms with van der Waals surface area (Å²) in [5.41, 5.74) is -0.893. The second kappa shape index (κ2) is 8.76. The summed E-state index contributed by atoms with van der Waals surface area (Å²) in [5, 5.41) is 2.81. The third-order valence-corrected chi connectivity index (χ3v) is 7.08. The maximum Gasteiger partial charge on any atom is 0.252 e. The molecular formula is C21H23ClN2O6S. The first-order valence-electron chi connectivity index (χ1n) is 9.47. The van der Waals surface area contributed by atoms with Gasteiger partial charge >= 0.3 is 0 Å². The lowest BCUT2D eigenvalue weighted by molar-refractivity contribution is -0.123. The van der Waals surface area contributed by atoms with Gasteiger partial charge in [-0.1, -0.05) is 11.6 Å². The minimum absolute atomic E-state index is 0.0660. The van der Waals surface area contributed by atoms with Gasteiger partial charge in [0.1, 0.15) is 18.1 Å². The fourth-order valence-electron chi connectivity index (χ4n) is 3.18. The Morgan fingerprint density at radius 1 is 1.16 bits per heavy atom. The highest BCUT2D eigenvalue weighted by Crippen LogP contribution is 2.36. The number of carbonyl (C=O) groups excluding carboxylic acids is 2. The molecule has 0 bridgehead atoms. The predicted octanol–water partition coefficient (Wildman–Crippen LogP) is 2.86. The lowest BCUT2D eigenvalue weighted by Gasteiger charge is -2.18. The van der Waals surface area contributed by atoms with Crippen molar-refractivity contribution in [1.82, 2.24) is 5.32 Å². The summed E-state index contributed by atoms with van der Waals surface area (Å²) in [6.45, 7) is 3.54. The van der Waals surface area contributed by atoms with Crippen LogP contribution in [0.3, 0.4) is 0 Å². The van der Waals surface area contributed by atoms with Crippen LogP contribution in [0.4, 0.5) is 5.69 Å². The van der Waals surface area contributed by atoms with Crippen LogP contribution in [0, 0.1) is 5.41 Å². The van der Waals surface area contributed by atoms with E-state index in [1.807, 2.05) is 0 Å². The maximum absolute atomic E-state index is 12.6. The fourth-order valence-corrected chi connectivity index (χ4v) is 5.48. The van der Waals surface area contributed by atoms with Gasteiger partial charge in [0.25, 0.3) is 5.91 Å². The number of anilines is 1. The lowest BCUT2D eigenvalue weighted by Crippen LogP contribution is -2.33. The first kappa shape index (κ1) is 22.9. The Hall–Kier alpha value is -2.78. The van der Waals surface area contributed by atoms with Gasteiger partial charge < -0.3 is 14.8 Å². The number of sulfonamides is 1. The highest BCUT2D eigenvalue weighted by atomic mass is 35.5. The van der Waals surface area contributed by atoms with Crippen LogP contribution in [0.1, 0.15) is 24.2 Å². The van der Waals surface area contributed by atoms with Gasteiger partial charge in [0.05, 0.1) is 41.1 Å². The summed E-state index contributed by atoms with van der Waals surface area (Å²) < 4.78 is 36.4. The van der Waals surface area contributed by atoms with Crippen LogP contribution in [-0.2, 0) is 14.8 Å². The Balaban J connectivity index is 1.67. The second-order valence-corrected chi connectivity index (χ2v) is 9.88. The monoisotopic (exact) mass is 466 g/mol. The van der Waals surface area contributed by atoms with Crippen molar-refractivity contribution in [3.05, 3.63) is 53.1 Å². The topological polar surface area (TPSA) is 102 Å². The van der Waals surface area contributed by atoms with Gasteiger partial charge in [-0.3, -0.25) is 9.59 Å². The highest BCUT2D eigenvalue weighted by molar-refractivity contribution is 7.94. The van der Waals surface area contributed by atoms with E-state index in [0.29, 0.717) is 11.5 Å². The van der Waals surface area contributed by atoms with E-state index < -0.39 is 27.3 Å². The number of nitrogens with one attached hydrogen (secondary N) is 1. The van der Waals surface area contributed by atoms with Gasteiger partial charge in [-0.25, -0.2) is 12.7 Å². The van der Waals surface area contributed by atoms with E-state index >= 15 is 0 Å². The van der Waals surface area contributed by atoms with Crippen molar-refractivity contribution in [2.24, 2.45) is 5.41 Å². The largest absolute Gasteiger partial charge is 0.497 e. The van der Waals surface area contributed by atoms with E-state index in [0.717, 1.165) is 4.31 Å². The number of benzene rings is 2. The van der Waals surface area contributed by atoms with Gasteiger partial charge in [-0.05, 0) is 56.3 Å². The summed E-state index contributed by atoms with van der Waals surface area (Å²) >= 11 is 6.14. The van der Waals surface area contributed by atoms with Crippen LogP contribution in [-0.4, -0.2) is 46.2 Å². The van der Waals surface area contributed by atoms with E-state index in [9.17, 15) is 18.0 Å². The lowest BCUT2D eigenvalue weighted by atomic mass is 9.95. The highest BCUT2D eigenvalue weighted by Gasteiger charge is 2.50. The molecule has 0 aliphatic carbocycles. The minimum atomic E-state index is -3.83. The van der Waals surface area contributed by atoms with Crippen molar-refractivity contribution in [1.29, 1.82) is 0 Å². The molecule has 0 spiro atoms. The zero-order valence-electron chi connectivity index (χ0n) is 17.3. The molecule has 10 heteroatoms. The third kappa shape index (κ3) is 4.94. The Morgan fingerprint density at radius 2 is 1.81 bits per heavy atom. The van der Waals surface area contributed by atoms with Crippen molar-refractivity contribution >= 4 is 39.1 Å². The summed E-state index contributed by atoms with van der Waals surface area (Å²) in [7, 11) is -2.26. The third-order valence-electron chi connectivity index (χ3n) is 4.73. The molecular weight excluding hydrogens is 444 g/mol. The van der Waals surface area contributed by atoms with Crippen molar-refractivity contribution in [2.45, 2.75) is 13.8 Å². The van der Waals surface area contributed by atoms with E-state index in [2.05, 4.69) is 5.32 Å². The van der Waals surface area contributed by atoms with E-state index in [1.54, 1.807) is 45.2 Å². The smallest absolute Gasteiger partial charge is 0.252 e. The standard InChI is InChI=1S/C21H23ClN2O6S/c1-21(2)13-31(27,28)24(20(21)26)14-4-9-18(22)17(12-14)19(25)23-10-11-30-16-7-5-15(29-3)6-8-16/h4-9,12H,10-11,13H2,1-3H3,(H,23,25). The molecule has 1 aliphatic heterocycles. The molecule has 0 saturated carbocycles. The van der Waals surface area contributed by atoms with Crippen molar-refractivity contribution in [3.8, 4) is 11.5 Å². The Morgan fingerprint density at radius 3 is 2.39 bits per heavy atom. The molecule has 8 nitrogen and oxygen atoms in total. The SMILES string of the molecule is COc1ccc(OCCNC(=O)c2cc(N3C(=O)C(C)(C)CS3(=O)=O)ccc2Cl)cc1. The summed E-state index contributed by atoms with van der Waals surface area (Å²) in [4.78, 5) is 25.2. The molecule has 1 N–H and O–H groups in total. The van der Waals surface area contributed by atoms with Crippen molar-refractivity contribution in [2.75, 3.05) is 30.3 Å². The van der Waals surface area contributed by atoms with Gasteiger partial charge in [0.2, 0.25) is 15.9 Å². The number of methoxy groups -OCH3 is 1. The molecule has 166 valence electrons. The van der Waals surface area contributed by atoms with Gasteiger partial charge in [-0.2, -0.15) is 0 Å². The number of halogens is 1. The summed E-state index contributed by atoms with van der Waals surface area (Å²) in [5.74, 6) is -0.0267. The molecule has 31 heavy (non-hydrogen) atoms. The zero-order chi connectivity index (χ0) is 22.8. The Kier molecular flexibility index (Phi) is 6.47. The Labute approximate surface area is 186 Å². The molecule has 1 saturated heterocycles. The van der Waals surface area contributed by atoms with Crippen LogP contribution >= 0.6 is 11.6 Å². The van der Waals surface area contributed by atoms with Gasteiger partial charge in [0, 0.05) is 0 Å². The maximum atomic E-state index is 12.6. The molecule has 0 radical (unpaired) electrons.